The number of rotatable bonds is 7. The Kier molecular flexibility index (Phi) is 6.66. The van der Waals surface area contributed by atoms with Crippen molar-refractivity contribution in [3.05, 3.63) is 93.9 Å². The van der Waals surface area contributed by atoms with Crippen molar-refractivity contribution in [2.24, 2.45) is 0 Å². The first-order valence-electron chi connectivity index (χ1n) is 12.4. The second-order valence-corrected chi connectivity index (χ2v) is 9.47. The van der Waals surface area contributed by atoms with Gasteiger partial charge in [-0.2, -0.15) is 0 Å². The fourth-order valence-corrected chi connectivity index (χ4v) is 5.16. The van der Waals surface area contributed by atoms with Gasteiger partial charge in [0.05, 0.1) is 11.0 Å². The number of para-hydroxylation sites is 2. The van der Waals surface area contributed by atoms with Crippen LogP contribution in [0.1, 0.15) is 23.1 Å². The number of H-pyrrole nitrogens is 1. The molecule has 5 rings (SSSR count). The van der Waals surface area contributed by atoms with Crippen molar-refractivity contribution in [2.45, 2.75) is 33.4 Å². The number of benzene rings is 3. The second kappa shape index (κ2) is 10.00. The number of imidazole rings is 1. The summed E-state index contributed by atoms with van der Waals surface area (Å²) in [6.07, 6.45) is 0.983. The molecule has 0 aliphatic carbocycles. The summed E-state index contributed by atoms with van der Waals surface area (Å²) >= 11 is 0. The van der Waals surface area contributed by atoms with Gasteiger partial charge in [0.15, 0.2) is 0 Å². The molecule has 1 aromatic heterocycles. The number of hydrogen-bond acceptors (Lipinski definition) is 3. The SMILES string of the molecule is Cc1cccc(-c2ccccc2CN2CCN(CCCn3c(=O)[nH]c4ccccc43)CC2)c1C. The maximum absolute atomic E-state index is 12.3. The van der Waals surface area contributed by atoms with Crippen LogP contribution in [-0.4, -0.2) is 52.1 Å². The van der Waals surface area contributed by atoms with Crippen LogP contribution in [0.5, 0.6) is 0 Å². The zero-order chi connectivity index (χ0) is 23.5. The molecule has 0 atom stereocenters. The molecule has 4 aromatic rings. The van der Waals surface area contributed by atoms with E-state index >= 15 is 0 Å². The molecule has 1 aliphatic heterocycles. The molecule has 5 heteroatoms. The van der Waals surface area contributed by atoms with E-state index in [4.69, 9.17) is 0 Å². The maximum atomic E-state index is 12.3. The van der Waals surface area contributed by atoms with Crippen molar-refractivity contribution in [2.75, 3.05) is 32.7 Å². The minimum Gasteiger partial charge on any atom is -0.306 e. The fraction of sp³-hybridized carbons (Fsp3) is 0.345. The van der Waals surface area contributed by atoms with Crippen LogP contribution in [0.3, 0.4) is 0 Å². The van der Waals surface area contributed by atoms with Gasteiger partial charge in [-0.05, 0) is 66.8 Å². The Labute approximate surface area is 201 Å². The number of nitrogens with zero attached hydrogens (tertiary/aromatic N) is 3. The predicted octanol–water partition coefficient (Wildman–Crippen LogP) is 4.82. The highest BCUT2D eigenvalue weighted by Gasteiger charge is 2.18. The van der Waals surface area contributed by atoms with Gasteiger partial charge >= 0.3 is 5.69 Å². The number of piperazine rings is 1. The number of fused-ring (bicyclic) bond motifs is 1. The molecule has 1 fully saturated rings. The van der Waals surface area contributed by atoms with E-state index in [0.29, 0.717) is 0 Å². The van der Waals surface area contributed by atoms with Crippen LogP contribution in [0.2, 0.25) is 0 Å². The van der Waals surface area contributed by atoms with Gasteiger partial charge in [-0.25, -0.2) is 4.79 Å². The molecule has 5 nitrogen and oxygen atoms in total. The third-order valence-corrected chi connectivity index (χ3v) is 7.31. The summed E-state index contributed by atoms with van der Waals surface area (Å²) in [6.45, 7) is 11.5. The summed E-state index contributed by atoms with van der Waals surface area (Å²) in [5.41, 5.74) is 8.74. The lowest BCUT2D eigenvalue weighted by molar-refractivity contribution is 0.125. The predicted molar refractivity (Wildman–Crippen MR) is 140 cm³/mol. The minimum absolute atomic E-state index is 0.00599. The Morgan fingerprint density at radius 2 is 1.47 bits per heavy atom. The molecule has 1 N–H and O–H groups in total. The first-order chi connectivity index (χ1) is 16.6. The van der Waals surface area contributed by atoms with E-state index in [1.54, 1.807) is 0 Å². The van der Waals surface area contributed by atoms with E-state index in [0.717, 1.165) is 63.3 Å². The molecule has 0 amide bonds. The quantitative estimate of drug-likeness (QED) is 0.435. The average Bonchev–Trinajstić information content (AvgIpc) is 3.17. The van der Waals surface area contributed by atoms with Crippen LogP contribution < -0.4 is 5.69 Å². The lowest BCUT2D eigenvalue weighted by Crippen LogP contribution is -2.46. The Bertz CT molecular complexity index is 1330. The van der Waals surface area contributed by atoms with E-state index in [2.05, 4.69) is 71.1 Å². The summed E-state index contributed by atoms with van der Waals surface area (Å²) in [5, 5.41) is 0. The third kappa shape index (κ3) is 4.72. The molecular formula is C29H34N4O. The van der Waals surface area contributed by atoms with Crippen LogP contribution in [0.4, 0.5) is 0 Å². The molecule has 0 unspecified atom stereocenters. The van der Waals surface area contributed by atoms with Gasteiger partial charge in [-0.3, -0.25) is 9.47 Å². The molecule has 0 radical (unpaired) electrons. The highest BCUT2D eigenvalue weighted by Crippen LogP contribution is 2.29. The average molecular weight is 455 g/mol. The Hall–Kier alpha value is -3.15. The van der Waals surface area contributed by atoms with Crippen molar-refractivity contribution in [1.29, 1.82) is 0 Å². The Morgan fingerprint density at radius 3 is 2.32 bits per heavy atom. The smallest absolute Gasteiger partial charge is 0.306 e. The van der Waals surface area contributed by atoms with Gasteiger partial charge in [0.1, 0.15) is 0 Å². The molecule has 1 aliphatic rings. The summed E-state index contributed by atoms with van der Waals surface area (Å²) < 4.78 is 1.87. The first-order valence-corrected chi connectivity index (χ1v) is 12.4. The topological polar surface area (TPSA) is 44.3 Å². The first kappa shape index (κ1) is 22.6. The van der Waals surface area contributed by atoms with Crippen molar-refractivity contribution in [3.8, 4) is 11.1 Å². The molecule has 2 heterocycles. The molecule has 176 valence electrons. The fourth-order valence-electron chi connectivity index (χ4n) is 5.16. The molecule has 1 saturated heterocycles. The van der Waals surface area contributed by atoms with Crippen molar-refractivity contribution >= 4 is 11.0 Å². The standard InChI is InChI=1S/C29H34N4O/c1-22-9-7-12-25(23(22)2)26-11-4-3-10-24(26)21-32-19-17-31(18-20-32)15-8-16-33-28-14-6-5-13-27(28)30-29(33)34/h3-7,9-14H,8,15-21H2,1-2H3,(H,30,34). The normalized spacial score (nSPS) is 15.2. The second-order valence-electron chi connectivity index (χ2n) is 9.47. The van der Waals surface area contributed by atoms with Gasteiger partial charge in [-0.15, -0.1) is 0 Å². The van der Waals surface area contributed by atoms with E-state index in [1.165, 1.54) is 27.8 Å². The molecular weight excluding hydrogens is 420 g/mol. The summed E-state index contributed by atoms with van der Waals surface area (Å²) in [5.74, 6) is 0. The number of aryl methyl sites for hydroxylation is 2. The number of aromatic amines is 1. The van der Waals surface area contributed by atoms with E-state index in [9.17, 15) is 4.79 Å². The minimum atomic E-state index is -0.00599. The van der Waals surface area contributed by atoms with Crippen LogP contribution in [0.25, 0.3) is 22.2 Å². The molecule has 34 heavy (non-hydrogen) atoms. The molecule has 3 aromatic carbocycles. The lowest BCUT2D eigenvalue weighted by Gasteiger charge is -2.35. The zero-order valence-electron chi connectivity index (χ0n) is 20.3. The largest absolute Gasteiger partial charge is 0.326 e. The lowest BCUT2D eigenvalue weighted by atomic mass is 9.93. The molecule has 0 saturated carbocycles. The summed E-state index contributed by atoms with van der Waals surface area (Å²) in [4.78, 5) is 20.4. The number of aromatic nitrogens is 2. The number of hydrogen-bond donors (Lipinski definition) is 1. The van der Waals surface area contributed by atoms with Crippen LogP contribution in [-0.2, 0) is 13.1 Å². The van der Waals surface area contributed by atoms with E-state index < -0.39 is 0 Å². The summed E-state index contributed by atoms with van der Waals surface area (Å²) in [6, 6.07) is 23.4. The zero-order valence-corrected chi connectivity index (χ0v) is 20.3. The highest BCUT2D eigenvalue weighted by molar-refractivity contribution is 5.75. The van der Waals surface area contributed by atoms with Crippen LogP contribution >= 0.6 is 0 Å². The van der Waals surface area contributed by atoms with Crippen molar-refractivity contribution in [3.63, 3.8) is 0 Å². The van der Waals surface area contributed by atoms with Gasteiger partial charge < -0.3 is 9.88 Å². The Morgan fingerprint density at radius 1 is 0.765 bits per heavy atom. The van der Waals surface area contributed by atoms with Crippen LogP contribution in [0.15, 0.2) is 71.5 Å². The summed E-state index contributed by atoms with van der Waals surface area (Å²) in [7, 11) is 0. The van der Waals surface area contributed by atoms with Crippen molar-refractivity contribution in [1.82, 2.24) is 19.4 Å². The van der Waals surface area contributed by atoms with E-state index in [-0.39, 0.29) is 5.69 Å². The molecule has 0 spiro atoms. The van der Waals surface area contributed by atoms with Gasteiger partial charge in [-0.1, -0.05) is 54.6 Å². The molecule has 0 bridgehead atoms. The Balaban J connectivity index is 1.16. The van der Waals surface area contributed by atoms with Crippen LogP contribution in [0, 0.1) is 13.8 Å². The third-order valence-electron chi connectivity index (χ3n) is 7.31. The monoisotopic (exact) mass is 454 g/mol. The van der Waals surface area contributed by atoms with Gasteiger partial charge in [0.25, 0.3) is 0 Å². The van der Waals surface area contributed by atoms with Crippen molar-refractivity contribution < 1.29 is 0 Å². The number of nitrogens with one attached hydrogen (secondary N) is 1. The van der Waals surface area contributed by atoms with Gasteiger partial charge in [0, 0.05) is 39.3 Å². The van der Waals surface area contributed by atoms with Gasteiger partial charge in [0.2, 0.25) is 0 Å². The van der Waals surface area contributed by atoms with E-state index in [1.807, 2.05) is 28.8 Å². The highest BCUT2D eigenvalue weighted by atomic mass is 16.1. The maximum Gasteiger partial charge on any atom is 0.326 e.